The number of carbonyl (C=O) groups is 1. The molecule has 1 aromatic heterocycles. The predicted molar refractivity (Wildman–Crippen MR) is 55.4 cm³/mol. The Morgan fingerprint density at radius 1 is 1.50 bits per heavy atom. The molecule has 2 rings (SSSR count). The molecule has 1 aliphatic rings. The monoisotopic (exact) mass is 225 g/mol. The lowest BCUT2D eigenvalue weighted by molar-refractivity contribution is -0.132. The molecule has 1 saturated heterocycles. The molecule has 0 aromatic carbocycles. The van der Waals surface area contributed by atoms with Gasteiger partial charge in [0.2, 0.25) is 5.91 Å². The van der Waals surface area contributed by atoms with Crippen LogP contribution in [0.15, 0.2) is 6.20 Å². The number of nitrogens with one attached hydrogen (secondary N) is 1. The molecule has 0 radical (unpaired) electrons. The summed E-state index contributed by atoms with van der Waals surface area (Å²) in [6, 6.07) is 0. The summed E-state index contributed by atoms with van der Waals surface area (Å²) >= 11 is 0. The summed E-state index contributed by atoms with van der Waals surface area (Å²) in [4.78, 5) is 13.6. The van der Waals surface area contributed by atoms with E-state index in [1.54, 1.807) is 11.1 Å². The first-order valence-corrected chi connectivity index (χ1v) is 5.28. The van der Waals surface area contributed by atoms with E-state index in [2.05, 4.69) is 15.6 Å². The van der Waals surface area contributed by atoms with Crippen molar-refractivity contribution in [2.75, 3.05) is 26.2 Å². The molecule has 16 heavy (non-hydrogen) atoms. The Bertz CT molecular complexity index is 359. The minimum atomic E-state index is -0.151. The first-order valence-electron chi connectivity index (χ1n) is 5.28. The van der Waals surface area contributed by atoms with Crippen LogP contribution in [-0.2, 0) is 17.9 Å². The molecule has 88 valence electrons. The van der Waals surface area contributed by atoms with Crippen molar-refractivity contribution in [3.05, 3.63) is 11.9 Å². The molecular weight excluding hydrogens is 210 g/mol. The van der Waals surface area contributed by atoms with E-state index in [0.29, 0.717) is 5.69 Å². The zero-order valence-corrected chi connectivity index (χ0v) is 8.96. The van der Waals surface area contributed by atoms with Crippen molar-refractivity contribution < 1.29 is 9.90 Å². The van der Waals surface area contributed by atoms with E-state index in [0.717, 1.165) is 26.2 Å². The number of hydrogen-bond acceptors (Lipinski definition) is 5. The van der Waals surface area contributed by atoms with Gasteiger partial charge in [-0.05, 0) is 0 Å². The third-order valence-electron chi connectivity index (χ3n) is 2.52. The van der Waals surface area contributed by atoms with Gasteiger partial charge < -0.3 is 15.3 Å². The van der Waals surface area contributed by atoms with Gasteiger partial charge in [-0.2, -0.15) is 0 Å². The zero-order chi connectivity index (χ0) is 11.4. The van der Waals surface area contributed by atoms with E-state index in [1.807, 2.05) is 0 Å². The van der Waals surface area contributed by atoms with Crippen LogP contribution in [0.25, 0.3) is 0 Å². The lowest BCUT2D eigenvalue weighted by Crippen LogP contribution is -2.47. The topological polar surface area (TPSA) is 83.3 Å². The highest BCUT2D eigenvalue weighted by atomic mass is 16.3. The Morgan fingerprint density at radius 3 is 2.88 bits per heavy atom. The fourth-order valence-electron chi connectivity index (χ4n) is 1.64. The lowest BCUT2D eigenvalue weighted by atomic mass is 10.3. The smallest absolute Gasteiger partial charge is 0.244 e. The Balaban J connectivity index is 1.90. The highest BCUT2D eigenvalue weighted by Gasteiger charge is 2.16. The normalized spacial score (nSPS) is 16.4. The maximum atomic E-state index is 11.8. The molecule has 0 saturated carbocycles. The number of aliphatic hydroxyl groups excluding tert-OH is 1. The minimum absolute atomic E-state index is 0.0379. The van der Waals surface area contributed by atoms with Gasteiger partial charge in [0.1, 0.15) is 12.2 Å². The second-order valence-corrected chi connectivity index (χ2v) is 3.70. The van der Waals surface area contributed by atoms with Gasteiger partial charge in [0.05, 0.1) is 12.8 Å². The third-order valence-corrected chi connectivity index (χ3v) is 2.52. The van der Waals surface area contributed by atoms with Crippen LogP contribution in [0.2, 0.25) is 0 Å². The molecule has 1 aromatic rings. The van der Waals surface area contributed by atoms with Gasteiger partial charge in [-0.1, -0.05) is 5.21 Å². The summed E-state index contributed by atoms with van der Waals surface area (Å²) < 4.78 is 1.45. The Labute approximate surface area is 93.0 Å². The van der Waals surface area contributed by atoms with Crippen molar-refractivity contribution in [2.24, 2.45) is 0 Å². The minimum Gasteiger partial charge on any atom is -0.390 e. The van der Waals surface area contributed by atoms with E-state index in [9.17, 15) is 4.79 Å². The van der Waals surface area contributed by atoms with Crippen LogP contribution in [0.3, 0.4) is 0 Å². The lowest BCUT2D eigenvalue weighted by Gasteiger charge is -2.27. The van der Waals surface area contributed by atoms with Crippen molar-refractivity contribution in [2.45, 2.75) is 13.2 Å². The number of nitrogens with zero attached hydrogens (tertiary/aromatic N) is 4. The van der Waals surface area contributed by atoms with Crippen LogP contribution >= 0.6 is 0 Å². The summed E-state index contributed by atoms with van der Waals surface area (Å²) in [5.74, 6) is 0.0379. The number of rotatable bonds is 3. The average Bonchev–Trinajstić information content (AvgIpc) is 2.78. The van der Waals surface area contributed by atoms with Gasteiger partial charge in [0.25, 0.3) is 0 Å². The summed E-state index contributed by atoms with van der Waals surface area (Å²) in [7, 11) is 0. The van der Waals surface area contributed by atoms with Gasteiger partial charge in [-0.25, -0.2) is 4.68 Å². The first-order chi connectivity index (χ1) is 7.79. The maximum Gasteiger partial charge on any atom is 0.244 e. The summed E-state index contributed by atoms with van der Waals surface area (Å²) in [6.07, 6.45) is 1.58. The Hall–Kier alpha value is -1.47. The van der Waals surface area contributed by atoms with Gasteiger partial charge in [0.15, 0.2) is 0 Å². The summed E-state index contributed by atoms with van der Waals surface area (Å²) in [5, 5.41) is 19.5. The quantitative estimate of drug-likeness (QED) is 0.634. The molecule has 1 aliphatic heterocycles. The predicted octanol–water partition coefficient (Wildman–Crippen LogP) is -1.80. The average molecular weight is 225 g/mol. The number of aromatic nitrogens is 3. The number of hydrogen-bond donors (Lipinski definition) is 2. The largest absolute Gasteiger partial charge is 0.390 e. The fraction of sp³-hybridized carbons (Fsp3) is 0.667. The van der Waals surface area contributed by atoms with Gasteiger partial charge in [-0.15, -0.1) is 5.10 Å². The zero-order valence-electron chi connectivity index (χ0n) is 8.96. The molecule has 7 heteroatoms. The second-order valence-electron chi connectivity index (χ2n) is 3.70. The van der Waals surface area contributed by atoms with Gasteiger partial charge >= 0.3 is 0 Å². The highest BCUT2D eigenvalue weighted by molar-refractivity contribution is 5.76. The first kappa shape index (κ1) is 11.0. The fourth-order valence-corrected chi connectivity index (χ4v) is 1.64. The van der Waals surface area contributed by atoms with Crippen molar-refractivity contribution in [3.63, 3.8) is 0 Å². The van der Waals surface area contributed by atoms with E-state index >= 15 is 0 Å². The SMILES string of the molecule is O=C(Cn1cc(CO)nn1)N1CCNCC1. The number of amides is 1. The summed E-state index contributed by atoms with van der Waals surface area (Å²) in [6.45, 7) is 3.19. The van der Waals surface area contributed by atoms with Crippen LogP contribution in [0.1, 0.15) is 5.69 Å². The molecule has 1 fully saturated rings. The molecule has 0 bridgehead atoms. The Morgan fingerprint density at radius 2 is 2.25 bits per heavy atom. The molecule has 0 spiro atoms. The van der Waals surface area contributed by atoms with E-state index in [1.165, 1.54) is 4.68 Å². The highest BCUT2D eigenvalue weighted by Crippen LogP contribution is 1.97. The summed E-state index contributed by atoms with van der Waals surface area (Å²) in [5.41, 5.74) is 0.480. The standard InChI is InChI=1S/C9H15N5O2/c15-7-8-5-14(12-11-8)6-9(16)13-3-1-10-2-4-13/h5,10,15H,1-4,6-7H2. The molecular formula is C9H15N5O2. The van der Waals surface area contributed by atoms with Crippen LogP contribution in [0.5, 0.6) is 0 Å². The van der Waals surface area contributed by atoms with E-state index < -0.39 is 0 Å². The number of carbonyl (C=O) groups excluding carboxylic acids is 1. The van der Waals surface area contributed by atoms with Crippen molar-refractivity contribution in [1.82, 2.24) is 25.2 Å². The molecule has 0 aliphatic carbocycles. The van der Waals surface area contributed by atoms with E-state index in [4.69, 9.17) is 5.11 Å². The van der Waals surface area contributed by atoms with Crippen molar-refractivity contribution >= 4 is 5.91 Å². The molecule has 2 heterocycles. The third kappa shape index (κ3) is 2.56. The van der Waals surface area contributed by atoms with E-state index in [-0.39, 0.29) is 19.1 Å². The van der Waals surface area contributed by atoms with Crippen molar-refractivity contribution in [1.29, 1.82) is 0 Å². The van der Waals surface area contributed by atoms with Gasteiger partial charge in [0, 0.05) is 26.2 Å². The van der Waals surface area contributed by atoms with Crippen molar-refractivity contribution in [3.8, 4) is 0 Å². The van der Waals surface area contributed by atoms with Crippen LogP contribution < -0.4 is 5.32 Å². The maximum absolute atomic E-state index is 11.8. The molecule has 1 amide bonds. The Kier molecular flexibility index (Phi) is 3.47. The number of piperazine rings is 1. The van der Waals surface area contributed by atoms with Crippen LogP contribution in [-0.4, -0.2) is 57.1 Å². The van der Waals surface area contributed by atoms with Crippen LogP contribution in [0, 0.1) is 0 Å². The second kappa shape index (κ2) is 5.04. The molecule has 0 unspecified atom stereocenters. The van der Waals surface area contributed by atoms with Gasteiger partial charge in [-0.3, -0.25) is 4.79 Å². The number of aliphatic hydroxyl groups is 1. The van der Waals surface area contributed by atoms with Crippen LogP contribution in [0.4, 0.5) is 0 Å². The molecule has 7 nitrogen and oxygen atoms in total. The molecule has 2 N–H and O–H groups in total. The molecule has 0 atom stereocenters.